The molecule has 2 aromatic rings. The van der Waals surface area contributed by atoms with Crippen LogP contribution in [0.1, 0.15) is 17.5 Å². The highest BCUT2D eigenvalue weighted by Gasteiger charge is 2.24. The van der Waals surface area contributed by atoms with E-state index in [4.69, 9.17) is 11.4 Å². The van der Waals surface area contributed by atoms with Gasteiger partial charge in [0.2, 0.25) is 0 Å². The fourth-order valence-electron chi connectivity index (χ4n) is 3.00. The SMILES string of the molecule is C#CCC(NCc1ccccc1)C1=NCCN1Cc1ccccc1. The molecule has 1 atom stereocenters. The zero-order valence-corrected chi connectivity index (χ0v) is 13.9. The van der Waals surface area contributed by atoms with E-state index in [0.717, 1.165) is 32.0 Å². The molecule has 1 N–H and O–H groups in total. The van der Waals surface area contributed by atoms with Crippen molar-refractivity contribution in [2.24, 2.45) is 4.99 Å². The van der Waals surface area contributed by atoms with Crippen LogP contribution in [-0.4, -0.2) is 29.9 Å². The van der Waals surface area contributed by atoms with Crippen molar-refractivity contribution in [1.82, 2.24) is 10.2 Å². The first-order valence-corrected chi connectivity index (χ1v) is 8.41. The summed E-state index contributed by atoms with van der Waals surface area (Å²) in [5.41, 5.74) is 2.56. The van der Waals surface area contributed by atoms with Crippen LogP contribution in [0, 0.1) is 12.3 Å². The Morgan fingerprint density at radius 2 is 1.71 bits per heavy atom. The molecule has 3 rings (SSSR count). The summed E-state index contributed by atoms with van der Waals surface area (Å²) in [7, 11) is 0. The standard InChI is InChI=1S/C21H23N3/c1-2-9-20(23-16-18-10-5-3-6-11-18)21-22-14-15-24(21)17-19-12-7-4-8-13-19/h1,3-8,10-13,20,23H,9,14-17H2. The van der Waals surface area contributed by atoms with Crippen LogP contribution >= 0.6 is 0 Å². The topological polar surface area (TPSA) is 27.6 Å². The first-order valence-electron chi connectivity index (χ1n) is 8.41. The van der Waals surface area contributed by atoms with Crippen molar-refractivity contribution >= 4 is 5.84 Å². The summed E-state index contributed by atoms with van der Waals surface area (Å²) in [5, 5.41) is 3.58. The fraction of sp³-hybridized carbons (Fsp3) is 0.286. The molecule has 1 aliphatic heterocycles. The summed E-state index contributed by atoms with van der Waals surface area (Å²) >= 11 is 0. The van der Waals surface area contributed by atoms with Gasteiger partial charge in [-0.3, -0.25) is 4.99 Å². The van der Waals surface area contributed by atoms with Gasteiger partial charge in [0.1, 0.15) is 5.84 Å². The van der Waals surface area contributed by atoms with Crippen molar-refractivity contribution < 1.29 is 0 Å². The maximum Gasteiger partial charge on any atom is 0.118 e. The minimum absolute atomic E-state index is 0.0985. The smallest absolute Gasteiger partial charge is 0.118 e. The van der Waals surface area contributed by atoms with Crippen molar-refractivity contribution in [3.05, 3.63) is 71.8 Å². The number of aliphatic imine (C=N–C) groups is 1. The molecule has 0 saturated carbocycles. The molecule has 0 fully saturated rings. The normalized spacial score (nSPS) is 15.0. The molecule has 0 aromatic heterocycles. The van der Waals surface area contributed by atoms with Crippen LogP contribution in [-0.2, 0) is 13.1 Å². The molecule has 0 saturated heterocycles. The van der Waals surface area contributed by atoms with Crippen LogP contribution in [0.25, 0.3) is 0 Å². The molecule has 3 nitrogen and oxygen atoms in total. The molecule has 0 radical (unpaired) electrons. The van der Waals surface area contributed by atoms with Crippen molar-refractivity contribution in [3.8, 4) is 12.3 Å². The highest BCUT2D eigenvalue weighted by Crippen LogP contribution is 2.13. The summed E-state index contributed by atoms with van der Waals surface area (Å²) in [6.45, 7) is 3.48. The van der Waals surface area contributed by atoms with Crippen LogP contribution in [0.15, 0.2) is 65.7 Å². The van der Waals surface area contributed by atoms with Crippen molar-refractivity contribution in [3.63, 3.8) is 0 Å². The molecule has 122 valence electrons. The average molecular weight is 317 g/mol. The third-order valence-corrected chi connectivity index (χ3v) is 4.21. The Morgan fingerprint density at radius 3 is 2.38 bits per heavy atom. The van der Waals surface area contributed by atoms with Gasteiger partial charge < -0.3 is 10.2 Å². The molecule has 2 aromatic carbocycles. The minimum atomic E-state index is 0.0985. The Bertz CT molecular complexity index is 701. The predicted molar refractivity (Wildman–Crippen MR) is 99.7 cm³/mol. The van der Waals surface area contributed by atoms with Gasteiger partial charge in [0, 0.05) is 26.1 Å². The molecular formula is C21H23N3. The molecule has 1 unspecified atom stereocenters. The summed E-state index contributed by atoms with van der Waals surface area (Å²) in [6, 6.07) is 21.0. The van der Waals surface area contributed by atoms with Crippen LogP contribution in [0.4, 0.5) is 0 Å². The van der Waals surface area contributed by atoms with E-state index in [1.807, 2.05) is 12.1 Å². The van der Waals surface area contributed by atoms with Crippen LogP contribution in [0.3, 0.4) is 0 Å². The minimum Gasteiger partial charge on any atom is -0.353 e. The molecule has 1 heterocycles. The highest BCUT2D eigenvalue weighted by molar-refractivity contribution is 5.89. The summed E-state index contributed by atoms with van der Waals surface area (Å²) in [5.74, 6) is 3.89. The third kappa shape index (κ3) is 4.24. The van der Waals surface area contributed by atoms with Gasteiger partial charge >= 0.3 is 0 Å². The second kappa shape index (κ2) is 8.33. The number of terminal acetylenes is 1. The van der Waals surface area contributed by atoms with Gasteiger partial charge in [0.25, 0.3) is 0 Å². The zero-order valence-electron chi connectivity index (χ0n) is 13.9. The van der Waals surface area contributed by atoms with E-state index >= 15 is 0 Å². The van der Waals surface area contributed by atoms with Gasteiger partial charge in [-0.25, -0.2) is 0 Å². The first kappa shape index (κ1) is 16.3. The maximum atomic E-state index is 5.60. The number of benzene rings is 2. The molecule has 3 heteroatoms. The van der Waals surface area contributed by atoms with Crippen LogP contribution < -0.4 is 5.32 Å². The summed E-state index contributed by atoms with van der Waals surface area (Å²) < 4.78 is 0. The number of hydrogen-bond acceptors (Lipinski definition) is 3. The highest BCUT2D eigenvalue weighted by atomic mass is 15.3. The predicted octanol–water partition coefficient (Wildman–Crippen LogP) is 3.08. The molecule has 0 bridgehead atoms. The lowest BCUT2D eigenvalue weighted by Crippen LogP contribution is -2.44. The van der Waals surface area contributed by atoms with Gasteiger partial charge in [-0.2, -0.15) is 0 Å². The monoisotopic (exact) mass is 317 g/mol. The molecule has 1 aliphatic rings. The van der Waals surface area contributed by atoms with Gasteiger partial charge in [-0.15, -0.1) is 12.3 Å². The quantitative estimate of drug-likeness (QED) is 0.795. The van der Waals surface area contributed by atoms with Gasteiger partial charge in [0.15, 0.2) is 0 Å². The molecule has 0 aliphatic carbocycles. The van der Waals surface area contributed by atoms with Crippen LogP contribution in [0.2, 0.25) is 0 Å². The summed E-state index contributed by atoms with van der Waals surface area (Å²) in [6.07, 6.45) is 6.25. The molecule has 0 amide bonds. The Hall–Kier alpha value is -2.57. The van der Waals surface area contributed by atoms with E-state index < -0.39 is 0 Å². The summed E-state index contributed by atoms with van der Waals surface area (Å²) in [4.78, 5) is 7.07. The van der Waals surface area contributed by atoms with Gasteiger partial charge in [-0.1, -0.05) is 60.7 Å². The lowest BCUT2D eigenvalue weighted by atomic mass is 10.1. The number of hydrogen-bond donors (Lipinski definition) is 1. The fourth-order valence-corrected chi connectivity index (χ4v) is 3.00. The van der Waals surface area contributed by atoms with Gasteiger partial charge in [-0.05, 0) is 11.1 Å². The lowest BCUT2D eigenvalue weighted by Gasteiger charge is -2.26. The van der Waals surface area contributed by atoms with E-state index in [1.165, 1.54) is 11.1 Å². The maximum absolute atomic E-state index is 5.60. The lowest BCUT2D eigenvalue weighted by molar-refractivity contribution is 0.426. The number of nitrogens with zero attached hydrogens (tertiary/aromatic N) is 2. The molecule has 24 heavy (non-hydrogen) atoms. The van der Waals surface area contributed by atoms with Crippen molar-refractivity contribution in [2.75, 3.05) is 13.1 Å². The number of nitrogens with one attached hydrogen (secondary N) is 1. The average Bonchev–Trinajstić information content (AvgIpc) is 3.08. The second-order valence-corrected chi connectivity index (χ2v) is 5.97. The Kier molecular flexibility index (Phi) is 5.65. The zero-order chi connectivity index (χ0) is 16.6. The Balaban J connectivity index is 1.66. The largest absolute Gasteiger partial charge is 0.353 e. The van der Waals surface area contributed by atoms with Crippen molar-refractivity contribution in [2.45, 2.75) is 25.6 Å². The third-order valence-electron chi connectivity index (χ3n) is 4.21. The number of rotatable bonds is 7. The van der Waals surface area contributed by atoms with E-state index in [-0.39, 0.29) is 6.04 Å². The van der Waals surface area contributed by atoms with Crippen molar-refractivity contribution in [1.29, 1.82) is 0 Å². The van der Waals surface area contributed by atoms with E-state index in [9.17, 15) is 0 Å². The second-order valence-electron chi connectivity index (χ2n) is 5.97. The number of amidine groups is 1. The molecular weight excluding hydrogens is 294 g/mol. The molecule has 0 spiro atoms. The Labute approximate surface area is 144 Å². The Morgan fingerprint density at radius 1 is 1.04 bits per heavy atom. The van der Waals surface area contributed by atoms with E-state index in [1.54, 1.807) is 0 Å². The van der Waals surface area contributed by atoms with Crippen LogP contribution in [0.5, 0.6) is 0 Å². The van der Waals surface area contributed by atoms with E-state index in [0.29, 0.717) is 6.42 Å². The van der Waals surface area contributed by atoms with Gasteiger partial charge in [0.05, 0.1) is 12.6 Å². The first-order chi connectivity index (χ1) is 11.9. The van der Waals surface area contributed by atoms with E-state index in [2.05, 4.69) is 64.7 Å².